The predicted octanol–water partition coefficient (Wildman–Crippen LogP) is 5.05. The molecule has 1 aromatic rings. The molecule has 0 radical (unpaired) electrons. The second kappa shape index (κ2) is 13.6. The van der Waals surface area contributed by atoms with Gasteiger partial charge in [0.15, 0.2) is 0 Å². The maximum Gasteiger partial charge on any atom is 0.0402 e. The van der Waals surface area contributed by atoms with Crippen molar-refractivity contribution in [3.63, 3.8) is 0 Å². The standard InChI is InChI=1S/C14H20N2.3C2H6/c1-2-6-13-12(4-1)5-3-7-14(13)16-10-8-15-9-11-16;3*1-2/h3,5,7,15H,1-2,4,6,8-11H2;3*1-2H3. The monoisotopic (exact) mass is 306 g/mol. The Morgan fingerprint density at radius 1 is 0.818 bits per heavy atom. The van der Waals surface area contributed by atoms with Gasteiger partial charge in [-0.2, -0.15) is 0 Å². The highest BCUT2D eigenvalue weighted by atomic mass is 15.2. The summed E-state index contributed by atoms with van der Waals surface area (Å²) in [7, 11) is 0. The van der Waals surface area contributed by atoms with Gasteiger partial charge in [-0.15, -0.1) is 0 Å². The molecule has 128 valence electrons. The van der Waals surface area contributed by atoms with Crippen molar-refractivity contribution in [1.29, 1.82) is 0 Å². The van der Waals surface area contributed by atoms with E-state index in [0.29, 0.717) is 0 Å². The Balaban J connectivity index is 0.000000661. The lowest BCUT2D eigenvalue weighted by molar-refractivity contribution is 0.584. The first kappa shape index (κ1) is 21.0. The Morgan fingerprint density at radius 3 is 2.05 bits per heavy atom. The van der Waals surface area contributed by atoms with E-state index in [9.17, 15) is 0 Å². The molecule has 1 aliphatic carbocycles. The van der Waals surface area contributed by atoms with Crippen LogP contribution >= 0.6 is 0 Å². The number of hydrogen-bond acceptors (Lipinski definition) is 2. The van der Waals surface area contributed by atoms with E-state index in [4.69, 9.17) is 0 Å². The summed E-state index contributed by atoms with van der Waals surface area (Å²) in [6.45, 7) is 16.6. The van der Waals surface area contributed by atoms with Gasteiger partial charge in [-0.3, -0.25) is 0 Å². The summed E-state index contributed by atoms with van der Waals surface area (Å²) >= 11 is 0. The number of nitrogens with one attached hydrogen (secondary N) is 1. The van der Waals surface area contributed by atoms with E-state index in [1.165, 1.54) is 31.4 Å². The van der Waals surface area contributed by atoms with Crippen LogP contribution in [0.5, 0.6) is 0 Å². The van der Waals surface area contributed by atoms with E-state index >= 15 is 0 Å². The summed E-state index contributed by atoms with van der Waals surface area (Å²) in [5.74, 6) is 0. The number of aryl methyl sites for hydroxylation is 1. The van der Waals surface area contributed by atoms with Gasteiger partial charge in [0.05, 0.1) is 0 Å². The highest BCUT2D eigenvalue weighted by Crippen LogP contribution is 2.30. The van der Waals surface area contributed by atoms with Crippen LogP contribution in [-0.2, 0) is 12.8 Å². The third-order valence-electron chi connectivity index (χ3n) is 3.83. The lowest BCUT2D eigenvalue weighted by atomic mass is 9.90. The minimum absolute atomic E-state index is 1.13. The van der Waals surface area contributed by atoms with Crippen molar-refractivity contribution in [2.75, 3.05) is 31.1 Å². The molecule has 2 aliphatic rings. The van der Waals surface area contributed by atoms with Crippen LogP contribution in [-0.4, -0.2) is 26.2 Å². The third kappa shape index (κ3) is 6.00. The lowest BCUT2D eigenvalue weighted by Gasteiger charge is -2.33. The molecule has 0 bridgehead atoms. The van der Waals surface area contributed by atoms with E-state index in [1.807, 2.05) is 41.5 Å². The number of benzene rings is 1. The summed E-state index contributed by atoms with van der Waals surface area (Å²) in [4.78, 5) is 2.56. The smallest absolute Gasteiger partial charge is 0.0402 e. The highest BCUT2D eigenvalue weighted by Gasteiger charge is 2.18. The molecule has 2 nitrogen and oxygen atoms in total. The molecule has 3 rings (SSSR count). The minimum atomic E-state index is 1.13. The molecule has 1 fully saturated rings. The van der Waals surface area contributed by atoms with Crippen LogP contribution in [0.25, 0.3) is 0 Å². The second-order valence-electron chi connectivity index (χ2n) is 4.86. The summed E-state index contributed by atoms with van der Waals surface area (Å²) in [6.07, 6.45) is 5.32. The van der Waals surface area contributed by atoms with Gasteiger partial charge in [-0.25, -0.2) is 0 Å². The molecule has 0 amide bonds. The zero-order chi connectivity index (χ0) is 16.8. The average Bonchev–Trinajstić information content (AvgIpc) is 2.67. The molecule has 0 atom stereocenters. The topological polar surface area (TPSA) is 15.3 Å². The van der Waals surface area contributed by atoms with Gasteiger partial charge in [-0.05, 0) is 42.9 Å². The van der Waals surface area contributed by atoms with Crippen molar-refractivity contribution in [1.82, 2.24) is 5.32 Å². The maximum atomic E-state index is 3.42. The summed E-state index contributed by atoms with van der Waals surface area (Å²) in [6, 6.07) is 6.87. The second-order valence-corrected chi connectivity index (χ2v) is 4.86. The fourth-order valence-electron chi connectivity index (χ4n) is 2.96. The van der Waals surface area contributed by atoms with Crippen molar-refractivity contribution in [3.05, 3.63) is 29.3 Å². The first-order valence-corrected chi connectivity index (χ1v) is 9.51. The molecule has 1 heterocycles. The molecular weight excluding hydrogens is 268 g/mol. The lowest BCUT2D eigenvalue weighted by Crippen LogP contribution is -2.44. The van der Waals surface area contributed by atoms with E-state index in [2.05, 4.69) is 28.4 Å². The zero-order valence-electron chi connectivity index (χ0n) is 15.8. The van der Waals surface area contributed by atoms with Crippen LogP contribution in [0, 0.1) is 0 Å². The van der Waals surface area contributed by atoms with Crippen molar-refractivity contribution >= 4 is 5.69 Å². The number of nitrogens with zero attached hydrogens (tertiary/aromatic N) is 1. The largest absolute Gasteiger partial charge is 0.369 e. The van der Waals surface area contributed by atoms with E-state index in [0.717, 1.165) is 26.2 Å². The van der Waals surface area contributed by atoms with Crippen LogP contribution in [0.15, 0.2) is 18.2 Å². The van der Waals surface area contributed by atoms with E-state index < -0.39 is 0 Å². The van der Waals surface area contributed by atoms with Gasteiger partial charge in [0.1, 0.15) is 0 Å². The highest BCUT2D eigenvalue weighted by molar-refractivity contribution is 5.58. The molecule has 0 aromatic heterocycles. The van der Waals surface area contributed by atoms with Crippen LogP contribution in [0.3, 0.4) is 0 Å². The zero-order valence-corrected chi connectivity index (χ0v) is 15.8. The quantitative estimate of drug-likeness (QED) is 0.780. The first-order chi connectivity index (χ1) is 10.9. The van der Waals surface area contributed by atoms with Gasteiger partial charge in [-0.1, -0.05) is 53.7 Å². The van der Waals surface area contributed by atoms with Gasteiger partial charge in [0, 0.05) is 31.9 Å². The maximum absolute atomic E-state index is 3.42. The van der Waals surface area contributed by atoms with Gasteiger partial charge >= 0.3 is 0 Å². The van der Waals surface area contributed by atoms with Gasteiger partial charge < -0.3 is 10.2 Å². The number of hydrogen-bond donors (Lipinski definition) is 1. The fraction of sp³-hybridized carbons (Fsp3) is 0.700. The molecule has 2 heteroatoms. The molecule has 0 unspecified atom stereocenters. The summed E-state index contributed by atoms with van der Waals surface area (Å²) in [5, 5.41) is 3.42. The average molecular weight is 307 g/mol. The SMILES string of the molecule is CC.CC.CC.c1cc2c(c(N3CCNCC3)c1)CCCC2. The Kier molecular flexibility index (Phi) is 13.0. The number of piperazine rings is 1. The van der Waals surface area contributed by atoms with Crippen molar-refractivity contribution in [3.8, 4) is 0 Å². The van der Waals surface area contributed by atoms with Crippen LogP contribution in [0.2, 0.25) is 0 Å². The Bertz CT molecular complexity index is 368. The number of rotatable bonds is 1. The van der Waals surface area contributed by atoms with Gasteiger partial charge in [0.25, 0.3) is 0 Å². The number of fused-ring (bicyclic) bond motifs is 1. The molecule has 0 saturated carbocycles. The molecule has 0 spiro atoms. The minimum Gasteiger partial charge on any atom is -0.369 e. The fourth-order valence-corrected chi connectivity index (χ4v) is 2.96. The van der Waals surface area contributed by atoms with Crippen molar-refractivity contribution in [2.24, 2.45) is 0 Å². The predicted molar refractivity (Wildman–Crippen MR) is 102 cm³/mol. The molecule has 1 N–H and O–H groups in total. The molecule has 1 aliphatic heterocycles. The first-order valence-electron chi connectivity index (χ1n) is 9.51. The van der Waals surface area contributed by atoms with Gasteiger partial charge in [0.2, 0.25) is 0 Å². The van der Waals surface area contributed by atoms with E-state index in [-0.39, 0.29) is 0 Å². The van der Waals surface area contributed by atoms with Crippen LogP contribution < -0.4 is 10.2 Å². The molecular formula is C20H38N2. The molecule has 1 aromatic carbocycles. The normalized spacial score (nSPS) is 15.8. The summed E-state index contributed by atoms with van der Waals surface area (Å²) in [5.41, 5.74) is 4.75. The Morgan fingerprint density at radius 2 is 1.41 bits per heavy atom. The van der Waals surface area contributed by atoms with Crippen molar-refractivity contribution in [2.45, 2.75) is 67.2 Å². The van der Waals surface area contributed by atoms with Crippen molar-refractivity contribution < 1.29 is 0 Å². The van der Waals surface area contributed by atoms with Crippen LogP contribution in [0.4, 0.5) is 5.69 Å². The molecule has 22 heavy (non-hydrogen) atoms. The Hall–Kier alpha value is -1.02. The van der Waals surface area contributed by atoms with Crippen LogP contribution in [0.1, 0.15) is 65.5 Å². The number of anilines is 1. The van der Waals surface area contributed by atoms with E-state index in [1.54, 1.807) is 11.1 Å². The third-order valence-corrected chi connectivity index (χ3v) is 3.83. The Labute approximate surface area is 139 Å². The summed E-state index contributed by atoms with van der Waals surface area (Å²) < 4.78 is 0. The molecule has 1 saturated heterocycles.